The van der Waals surface area contributed by atoms with Crippen molar-refractivity contribution >= 4 is 20.4 Å². The van der Waals surface area contributed by atoms with Crippen LogP contribution in [0.4, 0.5) is 4.79 Å². The van der Waals surface area contributed by atoms with Gasteiger partial charge in [0.2, 0.25) is 0 Å². The predicted molar refractivity (Wildman–Crippen MR) is 103 cm³/mol. The van der Waals surface area contributed by atoms with Crippen LogP contribution in [-0.2, 0) is 25.3 Å². The zero-order valence-electron chi connectivity index (χ0n) is 16.8. The molecule has 0 aliphatic carbocycles. The number of hydrogen-bond acceptors (Lipinski definition) is 5. The summed E-state index contributed by atoms with van der Waals surface area (Å²) in [7, 11) is -0.828. The maximum atomic E-state index is 12.1. The Balaban J connectivity index is 2.74. The molecule has 0 radical (unpaired) electrons. The molecule has 1 aromatic rings. The summed E-state index contributed by atoms with van der Waals surface area (Å²) in [6, 6.07) is 8.39. The fourth-order valence-electron chi connectivity index (χ4n) is 2.10. The van der Waals surface area contributed by atoms with E-state index >= 15 is 0 Å². The fraction of sp³-hybridized carbons (Fsp3) is 0.579. The molecule has 0 unspecified atom stereocenters. The predicted octanol–water partition coefficient (Wildman–Crippen LogP) is 3.86. The van der Waals surface area contributed by atoms with Gasteiger partial charge in [-0.25, -0.2) is 9.59 Å². The number of carbonyl (C=O) groups excluding carboxylic acids is 2. The number of nitrogens with one attached hydrogen (secondary N) is 1. The fourth-order valence-corrected chi connectivity index (χ4v) is 3.52. The SMILES string of the molecule is COC(=O)[C@@H](NC(=O)OCc1ccccc1)[C@@H](C)O[Si](C)(C)C(C)(C)C. The highest BCUT2D eigenvalue weighted by molar-refractivity contribution is 6.74. The molecule has 0 saturated heterocycles. The minimum atomic E-state index is -2.11. The van der Waals surface area contributed by atoms with Crippen LogP contribution in [0.5, 0.6) is 0 Å². The molecule has 6 nitrogen and oxygen atoms in total. The second-order valence-corrected chi connectivity index (χ2v) is 12.5. The Labute approximate surface area is 157 Å². The molecule has 0 saturated carbocycles. The first-order valence-corrected chi connectivity index (χ1v) is 11.6. The van der Waals surface area contributed by atoms with Crippen molar-refractivity contribution in [2.24, 2.45) is 0 Å². The topological polar surface area (TPSA) is 73.9 Å². The summed E-state index contributed by atoms with van der Waals surface area (Å²) in [5.41, 5.74) is 0.864. The van der Waals surface area contributed by atoms with Crippen molar-refractivity contribution in [3.63, 3.8) is 0 Å². The van der Waals surface area contributed by atoms with Crippen LogP contribution < -0.4 is 5.32 Å². The van der Waals surface area contributed by atoms with Gasteiger partial charge in [0, 0.05) is 0 Å². The number of methoxy groups -OCH3 is 1. The van der Waals surface area contributed by atoms with E-state index in [2.05, 4.69) is 39.2 Å². The van der Waals surface area contributed by atoms with Gasteiger partial charge in [-0.15, -0.1) is 0 Å². The Morgan fingerprint density at radius 1 is 1.15 bits per heavy atom. The molecule has 1 aromatic carbocycles. The lowest BCUT2D eigenvalue weighted by Gasteiger charge is -2.39. The lowest BCUT2D eigenvalue weighted by Crippen LogP contribution is -2.54. The number of benzene rings is 1. The maximum absolute atomic E-state index is 12.1. The van der Waals surface area contributed by atoms with Crippen molar-refractivity contribution in [3.05, 3.63) is 35.9 Å². The van der Waals surface area contributed by atoms with Gasteiger partial charge >= 0.3 is 12.1 Å². The molecule has 0 fully saturated rings. The molecule has 1 N–H and O–H groups in total. The molecule has 0 heterocycles. The van der Waals surface area contributed by atoms with E-state index in [1.807, 2.05) is 30.3 Å². The molecule has 0 aromatic heterocycles. The summed E-state index contributed by atoms with van der Waals surface area (Å²) < 4.78 is 16.2. The number of amides is 1. The summed E-state index contributed by atoms with van der Waals surface area (Å²) in [6.45, 7) is 12.4. The summed E-state index contributed by atoms with van der Waals surface area (Å²) in [5, 5.41) is 2.56. The number of ether oxygens (including phenoxy) is 2. The van der Waals surface area contributed by atoms with Crippen LogP contribution in [-0.4, -0.2) is 39.6 Å². The third-order valence-corrected chi connectivity index (χ3v) is 9.27. The highest BCUT2D eigenvalue weighted by atomic mass is 28.4. The third-order valence-electron chi connectivity index (χ3n) is 4.70. The zero-order valence-corrected chi connectivity index (χ0v) is 17.8. The molecule has 0 spiro atoms. The van der Waals surface area contributed by atoms with E-state index in [1.165, 1.54) is 7.11 Å². The summed E-state index contributed by atoms with van der Waals surface area (Å²) in [5.74, 6) is -0.562. The first kappa shape index (κ1) is 22.2. The second-order valence-electron chi connectivity index (χ2n) is 7.79. The summed E-state index contributed by atoms with van der Waals surface area (Å²) in [4.78, 5) is 24.3. The minimum absolute atomic E-state index is 0.0181. The van der Waals surface area contributed by atoms with Gasteiger partial charge < -0.3 is 19.2 Å². The van der Waals surface area contributed by atoms with Gasteiger partial charge in [0.25, 0.3) is 0 Å². The van der Waals surface area contributed by atoms with Crippen LogP contribution in [0.15, 0.2) is 30.3 Å². The molecular weight excluding hydrogens is 350 g/mol. The lowest BCUT2D eigenvalue weighted by molar-refractivity contribution is -0.145. The molecule has 1 rings (SSSR count). The van der Waals surface area contributed by atoms with E-state index in [9.17, 15) is 9.59 Å². The molecule has 1 amide bonds. The van der Waals surface area contributed by atoms with Crippen molar-refractivity contribution in [2.45, 2.75) is 64.6 Å². The van der Waals surface area contributed by atoms with Crippen LogP contribution in [0.1, 0.15) is 33.3 Å². The average Bonchev–Trinajstić information content (AvgIpc) is 2.56. The molecule has 0 aliphatic heterocycles. The van der Waals surface area contributed by atoms with E-state index in [0.29, 0.717) is 0 Å². The van der Waals surface area contributed by atoms with Crippen LogP contribution in [0.3, 0.4) is 0 Å². The molecule has 0 bridgehead atoms. The van der Waals surface area contributed by atoms with Crippen molar-refractivity contribution in [1.82, 2.24) is 5.32 Å². The smallest absolute Gasteiger partial charge is 0.408 e. The highest BCUT2D eigenvalue weighted by Crippen LogP contribution is 2.37. The Morgan fingerprint density at radius 2 is 1.73 bits per heavy atom. The van der Waals surface area contributed by atoms with Crippen LogP contribution >= 0.6 is 0 Å². The zero-order chi connectivity index (χ0) is 20.0. The second kappa shape index (κ2) is 9.18. The quantitative estimate of drug-likeness (QED) is 0.573. The molecule has 2 atom stereocenters. The number of hydrogen-bond donors (Lipinski definition) is 1. The molecule has 146 valence electrons. The molecule has 26 heavy (non-hydrogen) atoms. The first-order chi connectivity index (χ1) is 12.0. The minimum Gasteiger partial charge on any atom is -0.467 e. The van der Waals surface area contributed by atoms with Gasteiger partial charge in [-0.05, 0) is 30.6 Å². The van der Waals surface area contributed by atoms with Gasteiger partial charge in [0.1, 0.15) is 6.61 Å². The van der Waals surface area contributed by atoms with E-state index in [4.69, 9.17) is 13.9 Å². The standard InChI is InChI=1S/C19H31NO5Si/c1-14(25-26(6,7)19(2,3)4)16(17(21)23-5)20-18(22)24-13-15-11-9-8-10-12-15/h8-12,14,16H,13H2,1-7H3,(H,20,22)/t14-,16+/m1/s1. The largest absolute Gasteiger partial charge is 0.467 e. The van der Waals surface area contributed by atoms with Gasteiger partial charge in [-0.3, -0.25) is 0 Å². The van der Waals surface area contributed by atoms with E-state index in [-0.39, 0.29) is 11.6 Å². The van der Waals surface area contributed by atoms with E-state index in [1.54, 1.807) is 6.92 Å². The number of alkyl carbamates (subject to hydrolysis) is 1. The summed E-state index contributed by atoms with van der Waals surface area (Å²) >= 11 is 0. The van der Waals surface area contributed by atoms with Crippen molar-refractivity contribution < 1.29 is 23.5 Å². The Kier molecular flexibility index (Phi) is 7.83. The Hall–Kier alpha value is -1.86. The Bertz CT molecular complexity index is 598. The number of esters is 1. The monoisotopic (exact) mass is 381 g/mol. The lowest BCUT2D eigenvalue weighted by atomic mass is 10.2. The van der Waals surface area contributed by atoms with E-state index in [0.717, 1.165) is 5.56 Å². The molecule has 0 aliphatic rings. The van der Waals surface area contributed by atoms with Crippen molar-refractivity contribution in [2.75, 3.05) is 7.11 Å². The normalized spacial score (nSPS) is 14.3. The van der Waals surface area contributed by atoms with Crippen molar-refractivity contribution in [3.8, 4) is 0 Å². The Morgan fingerprint density at radius 3 is 2.23 bits per heavy atom. The van der Waals surface area contributed by atoms with Gasteiger partial charge in [0.15, 0.2) is 14.4 Å². The van der Waals surface area contributed by atoms with Crippen molar-refractivity contribution in [1.29, 1.82) is 0 Å². The van der Waals surface area contributed by atoms with Crippen LogP contribution in [0.25, 0.3) is 0 Å². The van der Waals surface area contributed by atoms with E-state index < -0.39 is 32.5 Å². The number of carbonyl (C=O) groups is 2. The first-order valence-electron chi connectivity index (χ1n) is 8.71. The summed E-state index contributed by atoms with van der Waals surface area (Å²) in [6.07, 6.45) is -1.22. The highest BCUT2D eigenvalue weighted by Gasteiger charge is 2.41. The third kappa shape index (κ3) is 6.46. The number of rotatable bonds is 7. The van der Waals surface area contributed by atoms with Gasteiger partial charge in [-0.1, -0.05) is 51.1 Å². The van der Waals surface area contributed by atoms with Crippen LogP contribution in [0, 0.1) is 0 Å². The average molecular weight is 382 g/mol. The molecule has 7 heteroatoms. The van der Waals surface area contributed by atoms with Gasteiger partial charge in [0.05, 0.1) is 13.2 Å². The van der Waals surface area contributed by atoms with Crippen LogP contribution in [0.2, 0.25) is 18.1 Å². The molecular formula is C19H31NO5Si. The maximum Gasteiger partial charge on any atom is 0.408 e. The van der Waals surface area contributed by atoms with Gasteiger partial charge in [-0.2, -0.15) is 0 Å².